The Morgan fingerprint density at radius 3 is 1.42 bits per heavy atom. The molecule has 0 unspecified atom stereocenters. The minimum atomic E-state index is -2.80. The van der Waals surface area contributed by atoms with E-state index >= 15 is 0 Å². The maximum Gasteiger partial charge on any atom is 0.158 e. The molecule has 0 aromatic heterocycles. The van der Waals surface area contributed by atoms with Gasteiger partial charge in [0.25, 0.3) is 0 Å². The molecule has 1 aliphatic heterocycles. The van der Waals surface area contributed by atoms with E-state index in [1.165, 1.54) is 0 Å². The quantitative estimate of drug-likeness (QED) is 0.293. The minimum Gasteiger partial charge on any atom is -0.228 e. The summed E-state index contributed by atoms with van der Waals surface area (Å²) in [5.74, 6) is 0.471. The van der Waals surface area contributed by atoms with Crippen LogP contribution in [0.25, 0.3) is 0 Å². The smallest absolute Gasteiger partial charge is 0.158 e. The molecule has 0 aliphatic carbocycles. The molecule has 0 spiro atoms. The highest BCUT2D eigenvalue weighted by Crippen LogP contribution is 2.22. The molecule has 0 N–H and O–H groups in total. The van der Waals surface area contributed by atoms with Crippen molar-refractivity contribution in [2.75, 3.05) is 32.8 Å². The molecule has 0 amide bonds. The van der Waals surface area contributed by atoms with Crippen LogP contribution in [0.1, 0.15) is 0 Å². The van der Waals surface area contributed by atoms with Crippen LogP contribution >= 0.6 is 63.7 Å². The Bertz CT molecular complexity index is 430. The largest absolute Gasteiger partial charge is 0.228 e. The number of halogens is 4. The van der Waals surface area contributed by atoms with E-state index in [0.717, 1.165) is 33.0 Å². The Labute approximate surface area is 149 Å². The van der Waals surface area contributed by atoms with Crippen LogP contribution < -0.4 is 0 Å². The first-order valence-electron chi connectivity index (χ1n) is 5.31. The van der Waals surface area contributed by atoms with E-state index in [4.69, 9.17) is 0 Å². The predicted molar refractivity (Wildman–Crippen MR) is 99.1 cm³/mol. The van der Waals surface area contributed by atoms with Crippen LogP contribution in [0.2, 0.25) is 0 Å². The molecule has 2 nitrogen and oxygen atoms in total. The molecule has 0 aromatic carbocycles. The summed E-state index contributed by atoms with van der Waals surface area (Å²) in [6, 6.07) is 0. The summed E-state index contributed by atoms with van der Waals surface area (Å²) in [6.07, 6.45) is 0. The van der Waals surface area contributed by atoms with Gasteiger partial charge in [-0.05, 0) is 22.3 Å². The summed E-state index contributed by atoms with van der Waals surface area (Å²) in [6.45, 7) is 7.54. The number of allylic oxidation sites excluding steroid dienone is 2. The second-order valence-electron chi connectivity index (χ2n) is 3.98. The van der Waals surface area contributed by atoms with Gasteiger partial charge in [-0.2, -0.15) is 0 Å². The van der Waals surface area contributed by atoms with Crippen LogP contribution in [0.3, 0.4) is 0 Å². The monoisotopic (exact) mass is 540 g/mol. The van der Waals surface area contributed by atoms with Gasteiger partial charge in [0.1, 0.15) is 0 Å². The molecule has 0 fully saturated rings. The Balaban J connectivity index is 0.000000362. The van der Waals surface area contributed by atoms with Crippen LogP contribution in [0, 0.1) is 0 Å². The Morgan fingerprint density at radius 2 is 1.21 bits per heavy atom. The van der Waals surface area contributed by atoms with Crippen LogP contribution in [0.4, 0.5) is 0 Å². The summed E-state index contributed by atoms with van der Waals surface area (Å²) in [7, 11) is -2.80. The Morgan fingerprint density at radius 1 is 0.895 bits per heavy atom. The van der Waals surface area contributed by atoms with Gasteiger partial charge in [0.05, 0.1) is 11.5 Å². The SMILES string of the molecule is C=C(CBr)C(=C)CBr.O=S1(=O)CC(CBr)=C(CBr)C1. The van der Waals surface area contributed by atoms with E-state index in [2.05, 4.69) is 76.9 Å². The van der Waals surface area contributed by atoms with Crippen LogP contribution in [-0.4, -0.2) is 41.2 Å². The third kappa shape index (κ3) is 7.60. The first kappa shape index (κ1) is 20.1. The van der Waals surface area contributed by atoms with E-state index in [0.29, 0.717) is 10.7 Å². The molecular weight excluding hydrogens is 528 g/mol. The zero-order chi connectivity index (χ0) is 15.1. The summed E-state index contributed by atoms with van der Waals surface area (Å²) >= 11 is 13.1. The van der Waals surface area contributed by atoms with Gasteiger partial charge in [-0.1, -0.05) is 76.9 Å². The summed E-state index contributed by atoms with van der Waals surface area (Å²) in [4.78, 5) is 0. The molecule has 0 bridgehead atoms. The third-order valence-corrected chi connectivity index (χ3v) is 6.72. The molecular formula is C12H16Br4O2S. The second kappa shape index (κ2) is 9.92. The maximum atomic E-state index is 11.1. The average molecular weight is 544 g/mol. The molecule has 7 heteroatoms. The van der Waals surface area contributed by atoms with Crippen molar-refractivity contribution in [1.29, 1.82) is 0 Å². The topological polar surface area (TPSA) is 34.1 Å². The number of sulfone groups is 1. The molecule has 1 aliphatic rings. The third-order valence-electron chi connectivity index (χ3n) is 2.43. The van der Waals surface area contributed by atoms with E-state index in [1.807, 2.05) is 0 Å². The van der Waals surface area contributed by atoms with Gasteiger partial charge in [0, 0.05) is 21.3 Å². The molecule has 110 valence electrons. The zero-order valence-electron chi connectivity index (χ0n) is 10.4. The van der Waals surface area contributed by atoms with Crippen molar-refractivity contribution in [1.82, 2.24) is 0 Å². The first-order valence-corrected chi connectivity index (χ1v) is 11.6. The van der Waals surface area contributed by atoms with Crippen molar-refractivity contribution in [3.63, 3.8) is 0 Å². The standard InChI is InChI=1S/C6H8Br2O2S.C6H8Br2/c7-1-5-3-11(9,10)4-6(5)2-8;1-5(3-7)6(2)4-8/h1-4H2;1-4H2. The van der Waals surface area contributed by atoms with Gasteiger partial charge in [-0.3, -0.25) is 0 Å². The summed E-state index contributed by atoms with van der Waals surface area (Å²) < 4.78 is 22.2. The molecule has 0 saturated heterocycles. The lowest BCUT2D eigenvalue weighted by Crippen LogP contribution is -2.03. The number of alkyl halides is 4. The minimum absolute atomic E-state index is 0.235. The molecule has 0 radical (unpaired) electrons. The van der Waals surface area contributed by atoms with E-state index in [1.54, 1.807) is 0 Å². The van der Waals surface area contributed by atoms with Gasteiger partial charge < -0.3 is 0 Å². The molecule has 1 rings (SSSR count). The van der Waals surface area contributed by atoms with Crippen molar-refractivity contribution in [3.05, 3.63) is 35.5 Å². The van der Waals surface area contributed by atoms with E-state index in [-0.39, 0.29) is 11.5 Å². The van der Waals surface area contributed by atoms with Gasteiger partial charge in [0.15, 0.2) is 9.84 Å². The van der Waals surface area contributed by atoms with Crippen molar-refractivity contribution in [3.8, 4) is 0 Å². The van der Waals surface area contributed by atoms with Gasteiger partial charge in [-0.25, -0.2) is 8.42 Å². The maximum absolute atomic E-state index is 11.1. The van der Waals surface area contributed by atoms with Gasteiger partial charge >= 0.3 is 0 Å². The highest BCUT2D eigenvalue weighted by molar-refractivity contribution is 9.09. The number of hydrogen-bond acceptors (Lipinski definition) is 2. The molecule has 0 atom stereocenters. The zero-order valence-corrected chi connectivity index (χ0v) is 17.6. The molecule has 1 heterocycles. The van der Waals surface area contributed by atoms with Gasteiger partial charge in [-0.15, -0.1) is 0 Å². The Hall–Kier alpha value is 1.09. The average Bonchev–Trinajstić information content (AvgIpc) is 2.72. The first-order chi connectivity index (χ1) is 8.81. The van der Waals surface area contributed by atoms with Crippen molar-refractivity contribution < 1.29 is 8.42 Å². The number of rotatable bonds is 5. The van der Waals surface area contributed by atoms with E-state index in [9.17, 15) is 8.42 Å². The van der Waals surface area contributed by atoms with Gasteiger partial charge in [0.2, 0.25) is 0 Å². The van der Waals surface area contributed by atoms with Crippen molar-refractivity contribution in [2.24, 2.45) is 0 Å². The lowest BCUT2D eigenvalue weighted by atomic mass is 10.2. The summed E-state index contributed by atoms with van der Waals surface area (Å²) in [5.41, 5.74) is 4.15. The van der Waals surface area contributed by atoms with Crippen LogP contribution in [-0.2, 0) is 9.84 Å². The highest BCUT2D eigenvalue weighted by Gasteiger charge is 2.25. The van der Waals surface area contributed by atoms with E-state index < -0.39 is 9.84 Å². The fourth-order valence-electron chi connectivity index (χ4n) is 1.24. The lowest BCUT2D eigenvalue weighted by molar-refractivity contribution is 0.602. The van der Waals surface area contributed by atoms with Crippen LogP contribution in [0.15, 0.2) is 35.5 Å². The lowest BCUT2D eigenvalue weighted by Gasteiger charge is -1.98. The fraction of sp³-hybridized carbons (Fsp3) is 0.500. The van der Waals surface area contributed by atoms with Crippen molar-refractivity contribution in [2.45, 2.75) is 0 Å². The fourth-order valence-corrected chi connectivity index (χ4v) is 5.52. The second-order valence-corrected chi connectivity index (χ2v) is 8.29. The Kier molecular flexibility index (Phi) is 10.5. The summed E-state index contributed by atoms with van der Waals surface area (Å²) in [5, 5.41) is 2.98. The molecule has 0 saturated carbocycles. The number of hydrogen-bond donors (Lipinski definition) is 0. The van der Waals surface area contributed by atoms with Crippen LogP contribution in [0.5, 0.6) is 0 Å². The van der Waals surface area contributed by atoms with Crippen molar-refractivity contribution >= 4 is 73.6 Å². The molecule has 19 heavy (non-hydrogen) atoms. The molecule has 0 aromatic rings. The predicted octanol–water partition coefficient (Wildman–Crippen LogP) is 4.39. The highest BCUT2D eigenvalue weighted by atomic mass is 79.9. The normalized spacial score (nSPS) is 16.8.